The molecule has 0 fully saturated rings. The molecule has 0 aromatic carbocycles. The second-order valence-electron chi connectivity index (χ2n) is 4.04. The van der Waals surface area contributed by atoms with E-state index in [-0.39, 0.29) is 0 Å². The Balaban J connectivity index is 2.14. The molecule has 3 heterocycles. The van der Waals surface area contributed by atoms with Crippen molar-refractivity contribution in [2.45, 2.75) is 19.8 Å². The molecule has 2 N–H and O–H groups in total. The van der Waals surface area contributed by atoms with Gasteiger partial charge in [0.2, 0.25) is 11.8 Å². The maximum atomic E-state index is 5.88. The average Bonchev–Trinajstić information content (AvgIpc) is 2.97. The highest BCUT2D eigenvalue weighted by Crippen LogP contribution is 2.18. The molecule has 0 aliphatic heterocycles. The smallest absolute Gasteiger partial charge is 0.225 e. The molecule has 6 nitrogen and oxygen atoms in total. The Kier molecular flexibility index (Phi) is 2.47. The second kappa shape index (κ2) is 4.14. The van der Waals surface area contributed by atoms with Crippen molar-refractivity contribution in [3.8, 4) is 11.6 Å². The van der Waals surface area contributed by atoms with E-state index in [0.717, 1.165) is 18.5 Å². The van der Waals surface area contributed by atoms with Gasteiger partial charge in [-0.05, 0) is 18.6 Å². The van der Waals surface area contributed by atoms with Crippen LogP contribution in [0.2, 0.25) is 0 Å². The van der Waals surface area contributed by atoms with Gasteiger partial charge < -0.3 is 10.2 Å². The molecule has 0 atom stereocenters. The number of hydrogen-bond acceptors (Lipinski definition) is 5. The highest BCUT2D eigenvalue weighted by Gasteiger charge is 2.11. The molecule has 0 aliphatic rings. The van der Waals surface area contributed by atoms with E-state index in [1.54, 1.807) is 22.9 Å². The average molecular weight is 243 g/mol. The maximum Gasteiger partial charge on any atom is 0.225 e. The summed E-state index contributed by atoms with van der Waals surface area (Å²) in [5, 5.41) is 4.36. The first kappa shape index (κ1) is 10.8. The van der Waals surface area contributed by atoms with Crippen molar-refractivity contribution in [1.29, 1.82) is 0 Å². The first-order valence-corrected chi connectivity index (χ1v) is 5.84. The molecule has 0 aliphatic carbocycles. The first-order chi connectivity index (χ1) is 8.78. The fourth-order valence-corrected chi connectivity index (χ4v) is 1.85. The topological polar surface area (TPSA) is 82.2 Å². The Bertz CT molecular complexity index is 671. The largest absolute Gasteiger partial charge is 0.461 e. The normalized spacial score (nSPS) is 11.2. The van der Waals surface area contributed by atoms with Gasteiger partial charge in [-0.1, -0.05) is 13.3 Å². The number of nitrogens with two attached hydrogens (primary N) is 1. The van der Waals surface area contributed by atoms with Crippen molar-refractivity contribution in [2.24, 2.45) is 0 Å². The number of rotatable bonds is 3. The van der Waals surface area contributed by atoms with Crippen LogP contribution in [0.25, 0.3) is 17.2 Å². The summed E-state index contributed by atoms with van der Waals surface area (Å²) < 4.78 is 6.82. The van der Waals surface area contributed by atoms with Gasteiger partial charge in [-0.2, -0.15) is 14.6 Å². The summed E-state index contributed by atoms with van der Waals surface area (Å²) in [5.41, 5.74) is 7.54. The summed E-state index contributed by atoms with van der Waals surface area (Å²) in [6.07, 6.45) is 3.51. The van der Waals surface area contributed by atoms with Gasteiger partial charge >= 0.3 is 0 Å². The summed E-state index contributed by atoms with van der Waals surface area (Å²) in [6, 6.07) is 5.51. The molecule has 0 radical (unpaired) electrons. The Morgan fingerprint density at radius 1 is 1.39 bits per heavy atom. The molecule has 3 rings (SSSR count). The molecule has 0 spiro atoms. The predicted octanol–water partition coefficient (Wildman–Crippen LogP) is 1.92. The summed E-state index contributed by atoms with van der Waals surface area (Å²) >= 11 is 0. The van der Waals surface area contributed by atoms with Crippen LogP contribution in [0.15, 0.2) is 28.9 Å². The van der Waals surface area contributed by atoms with Gasteiger partial charge in [-0.3, -0.25) is 0 Å². The third-order valence-electron chi connectivity index (χ3n) is 2.65. The molecule has 6 heteroatoms. The van der Waals surface area contributed by atoms with E-state index < -0.39 is 0 Å². The van der Waals surface area contributed by atoms with E-state index in [1.807, 2.05) is 6.07 Å². The van der Waals surface area contributed by atoms with Gasteiger partial charge in [-0.25, -0.2) is 4.98 Å². The zero-order chi connectivity index (χ0) is 12.5. The molecule has 0 unspecified atom stereocenters. The first-order valence-electron chi connectivity index (χ1n) is 5.84. The SMILES string of the molecule is CCCc1cc2nc(-c3ccco3)nc(N)n2n1. The lowest BCUT2D eigenvalue weighted by atomic mass is 10.2. The fraction of sp³-hybridized carbons (Fsp3) is 0.250. The third-order valence-corrected chi connectivity index (χ3v) is 2.65. The van der Waals surface area contributed by atoms with E-state index in [9.17, 15) is 0 Å². The van der Waals surface area contributed by atoms with E-state index in [1.165, 1.54) is 0 Å². The fourth-order valence-electron chi connectivity index (χ4n) is 1.85. The van der Waals surface area contributed by atoms with Crippen LogP contribution in [0.1, 0.15) is 19.0 Å². The van der Waals surface area contributed by atoms with Crippen LogP contribution < -0.4 is 5.73 Å². The molecule has 18 heavy (non-hydrogen) atoms. The Labute approximate surface area is 103 Å². The minimum absolute atomic E-state index is 0.314. The number of nitrogens with zero attached hydrogens (tertiary/aromatic N) is 4. The maximum absolute atomic E-state index is 5.88. The van der Waals surface area contributed by atoms with Crippen molar-refractivity contribution in [3.63, 3.8) is 0 Å². The van der Waals surface area contributed by atoms with Crippen molar-refractivity contribution in [1.82, 2.24) is 19.6 Å². The van der Waals surface area contributed by atoms with Crippen LogP contribution in [0.5, 0.6) is 0 Å². The highest BCUT2D eigenvalue weighted by atomic mass is 16.3. The number of nitrogen functional groups attached to an aromatic ring is 1. The summed E-state index contributed by atoms with van der Waals surface area (Å²) in [5.74, 6) is 1.39. The number of hydrogen-bond donors (Lipinski definition) is 1. The van der Waals surface area contributed by atoms with Crippen molar-refractivity contribution < 1.29 is 4.42 Å². The molecule has 3 aromatic rings. The van der Waals surface area contributed by atoms with Crippen LogP contribution >= 0.6 is 0 Å². The number of furan rings is 1. The highest BCUT2D eigenvalue weighted by molar-refractivity contribution is 5.55. The standard InChI is InChI=1S/C12H13N5O/c1-2-4-8-7-10-14-11(9-5-3-6-18-9)15-12(13)17(10)16-8/h3,5-7H,2,4H2,1H3,(H2,13,14,15). The zero-order valence-corrected chi connectivity index (χ0v) is 10.00. The second-order valence-corrected chi connectivity index (χ2v) is 4.04. The van der Waals surface area contributed by atoms with Crippen LogP contribution in [-0.4, -0.2) is 19.6 Å². The van der Waals surface area contributed by atoms with Gasteiger partial charge in [0.05, 0.1) is 12.0 Å². The lowest BCUT2D eigenvalue weighted by molar-refractivity contribution is 0.577. The third kappa shape index (κ3) is 1.71. The van der Waals surface area contributed by atoms with Crippen molar-refractivity contribution >= 4 is 11.6 Å². The van der Waals surface area contributed by atoms with E-state index in [2.05, 4.69) is 22.0 Å². The summed E-state index contributed by atoms with van der Waals surface area (Å²) in [7, 11) is 0. The molecule has 0 saturated heterocycles. The van der Waals surface area contributed by atoms with Gasteiger partial charge in [0.25, 0.3) is 0 Å². The molecular formula is C12H13N5O. The minimum atomic E-state index is 0.314. The van der Waals surface area contributed by atoms with Crippen molar-refractivity contribution in [3.05, 3.63) is 30.2 Å². The number of aromatic nitrogens is 4. The number of fused-ring (bicyclic) bond motifs is 1. The van der Waals surface area contributed by atoms with Crippen LogP contribution in [0, 0.1) is 0 Å². The molecule has 92 valence electrons. The Morgan fingerprint density at radius 3 is 3.00 bits per heavy atom. The van der Waals surface area contributed by atoms with Crippen LogP contribution in [-0.2, 0) is 6.42 Å². The van der Waals surface area contributed by atoms with Gasteiger partial charge in [0.15, 0.2) is 11.4 Å². The summed E-state index contributed by atoms with van der Waals surface area (Å²) in [4.78, 5) is 8.59. The summed E-state index contributed by atoms with van der Waals surface area (Å²) in [6.45, 7) is 2.10. The van der Waals surface area contributed by atoms with Gasteiger partial charge in [-0.15, -0.1) is 0 Å². The molecule has 3 aromatic heterocycles. The number of anilines is 1. The van der Waals surface area contributed by atoms with Crippen LogP contribution in [0.4, 0.5) is 5.95 Å². The van der Waals surface area contributed by atoms with Crippen molar-refractivity contribution in [2.75, 3.05) is 5.73 Å². The van der Waals surface area contributed by atoms with Gasteiger partial charge in [0, 0.05) is 6.07 Å². The van der Waals surface area contributed by atoms with E-state index in [0.29, 0.717) is 23.2 Å². The minimum Gasteiger partial charge on any atom is -0.461 e. The van der Waals surface area contributed by atoms with Crippen LogP contribution in [0.3, 0.4) is 0 Å². The Morgan fingerprint density at radius 2 is 2.28 bits per heavy atom. The van der Waals surface area contributed by atoms with Gasteiger partial charge in [0.1, 0.15) is 0 Å². The number of aryl methyl sites for hydroxylation is 1. The quantitative estimate of drug-likeness (QED) is 0.759. The monoisotopic (exact) mass is 243 g/mol. The molecule has 0 amide bonds. The molecule has 0 bridgehead atoms. The molecular weight excluding hydrogens is 230 g/mol. The zero-order valence-electron chi connectivity index (χ0n) is 10.00. The van der Waals surface area contributed by atoms with E-state index >= 15 is 0 Å². The lowest BCUT2D eigenvalue weighted by Gasteiger charge is -2.00. The Hall–Kier alpha value is -2.37. The lowest BCUT2D eigenvalue weighted by Crippen LogP contribution is -2.05. The van der Waals surface area contributed by atoms with E-state index in [4.69, 9.17) is 10.2 Å². The molecule has 0 saturated carbocycles. The predicted molar refractivity (Wildman–Crippen MR) is 66.9 cm³/mol.